The molecule has 1 heterocycles. The molecule has 0 fully saturated rings. The highest BCUT2D eigenvalue weighted by molar-refractivity contribution is 7.08. The first kappa shape index (κ1) is 16.4. The molecular weight excluding hydrogens is 298 g/mol. The highest BCUT2D eigenvalue weighted by Crippen LogP contribution is 2.26. The Kier molecular flexibility index (Phi) is 5.08. The van der Waals surface area contributed by atoms with Crippen molar-refractivity contribution in [3.63, 3.8) is 0 Å². The van der Waals surface area contributed by atoms with E-state index in [4.69, 9.17) is 9.47 Å². The van der Waals surface area contributed by atoms with E-state index < -0.39 is 11.7 Å². The van der Waals surface area contributed by atoms with Crippen molar-refractivity contribution < 1.29 is 14.3 Å². The standard InChI is InChI=1S/C17H21NO3S/c1-17(2,3)21-16(19)18-15(13-9-10-22-11-13)12-5-7-14(20-4)8-6-12/h5-11,15H,1-4H3,(H,18,19)/t15-/m1/s1. The summed E-state index contributed by atoms with van der Waals surface area (Å²) < 4.78 is 10.5. The normalized spacial score (nSPS) is 12.5. The van der Waals surface area contributed by atoms with Gasteiger partial charge in [-0.3, -0.25) is 0 Å². The van der Waals surface area contributed by atoms with Gasteiger partial charge in [-0.25, -0.2) is 4.79 Å². The molecule has 1 N–H and O–H groups in total. The SMILES string of the molecule is COc1ccc([C@@H](NC(=O)OC(C)(C)C)c2ccsc2)cc1. The maximum Gasteiger partial charge on any atom is 0.408 e. The van der Waals surface area contributed by atoms with E-state index in [0.717, 1.165) is 16.9 Å². The molecule has 1 aromatic heterocycles. The van der Waals surface area contributed by atoms with Crippen molar-refractivity contribution in [2.75, 3.05) is 7.11 Å². The van der Waals surface area contributed by atoms with Crippen molar-refractivity contribution >= 4 is 17.4 Å². The van der Waals surface area contributed by atoms with Crippen molar-refractivity contribution in [3.05, 3.63) is 52.2 Å². The summed E-state index contributed by atoms with van der Waals surface area (Å²) in [5.74, 6) is 0.782. The third-order valence-electron chi connectivity index (χ3n) is 2.99. The Bertz CT molecular complexity index is 600. The lowest BCUT2D eigenvalue weighted by Crippen LogP contribution is -2.35. The summed E-state index contributed by atoms with van der Waals surface area (Å²) in [5.41, 5.74) is 1.48. The summed E-state index contributed by atoms with van der Waals surface area (Å²) in [6.07, 6.45) is -0.431. The molecule has 0 radical (unpaired) electrons. The van der Waals surface area contributed by atoms with Gasteiger partial charge in [0.25, 0.3) is 0 Å². The van der Waals surface area contributed by atoms with Crippen LogP contribution in [-0.4, -0.2) is 18.8 Å². The van der Waals surface area contributed by atoms with Crippen LogP contribution < -0.4 is 10.1 Å². The van der Waals surface area contributed by atoms with Crippen molar-refractivity contribution in [2.24, 2.45) is 0 Å². The van der Waals surface area contributed by atoms with Crippen LogP contribution in [0.25, 0.3) is 0 Å². The minimum atomic E-state index is -0.525. The van der Waals surface area contributed by atoms with E-state index in [9.17, 15) is 4.79 Å². The molecule has 0 aliphatic carbocycles. The fraction of sp³-hybridized carbons (Fsp3) is 0.353. The second kappa shape index (κ2) is 6.83. The molecule has 1 atom stereocenters. The van der Waals surface area contributed by atoms with E-state index in [1.165, 1.54) is 0 Å². The number of alkyl carbamates (subject to hydrolysis) is 1. The summed E-state index contributed by atoms with van der Waals surface area (Å²) in [5, 5.41) is 6.94. The Balaban J connectivity index is 2.21. The summed E-state index contributed by atoms with van der Waals surface area (Å²) in [6, 6.07) is 9.40. The number of amides is 1. The highest BCUT2D eigenvalue weighted by Gasteiger charge is 2.22. The van der Waals surface area contributed by atoms with Gasteiger partial charge in [0.1, 0.15) is 11.4 Å². The van der Waals surface area contributed by atoms with Crippen molar-refractivity contribution in [3.8, 4) is 5.75 Å². The molecule has 0 saturated carbocycles. The zero-order valence-corrected chi connectivity index (χ0v) is 14.1. The number of rotatable bonds is 4. The van der Waals surface area contributed by atoms with Crippen LogP contribution in [0.2, 0.25) is 0 Å². The molecule has 1 amide bonds. The largest absolute Gasteiger partial charge is 0.497 e. The lowest BCUT2D eigenvalue weighted by molar-refractivity contribution is 0.0512. The minimum absolute atomic E-state index is 0.244. The molecule has 1 aromatic carbocycles. The van der Waals surface area contributed by atoms with Crippen LogP contribution >= 0.6 is 11.3 Å². The first-order valence-corrected chi connectivity index (χ1v) is 7.99. The van der Waals surface area contributed by atoms with Crippen LogP contribution in [0.3, 0.4) is 0 Å². The summed E-state index contributed by atoms with van der Waals surface area (Å²) in [7, 11) is 1.63. The fourth-order valence-corrected chi connectivity index (χ4v) is 2.71. The molecule has 2 rings (SSSR count). The molecule has 0 bridgehead atoms. The first-order chi connectivity index (χ1) is 10.4. The number of carbonyl (C=O) groups is 1. The predicted molar refractivity (Wildman–Crippen MR) is 88.5 cm³/mol. The Morgan fingerprint density at radius 2 is 1.82 bits per heavy atom. The number of hydrogen-bond acceptors (Lipinski definition) is 4. The van der Waals surface area contributed by atoms with Gasteiger partial charge in [0, 0.05) is 0 Å². The van der Waals surface area contributed by atoms with Gasteiger partial charge in [0.15, 0.2) is 0 Å². The molecule has 0 unspecified atom stereocenters. The zero-order chi connectivity index (χ0) is 16.2. The lowest BCUT2D eigenvalue weighted by atomic mass is 10.0. The third-order valence-corrected chi connectivity index (χ3v) is 3.69. The van der Waals surface area contributed by atoms with E-state index in [1.54, 1.807) is 18.4 Å². The summed E-state index contributed by atoms with van der Waals surface area (Å²) in [4.78, 5) is 12.1. The van der Waals surface area contributed by atoms with Crippen molar-refractivity contribution in [1.29, 1.82) is 0 Å². The number of thiophene rings is 1. The average Bonchev–Trinajstić information content (AvgIpc) is 2.97. The van der Waals surface area contributed by atoms with E-state index >= 15 is 0 Å². The molecule has 118 valence electrons. The van der Waals surface area contributed by atoms with Gasteiger partial charge in [-0.2, -0.15) is 11.3 Å². The molecule has 0 saturated heterocycles. The fourth-order valence-electron chi connectivity index (χ4n) is 2.02. The molecule has 0 spiro atoms. The number of hydrogen-bond donors (Lipinski definition) is 1. The Hall–Kier alpha value is -2.01. The van der Waals surface area contributed by atoms with Crippen LogP contribution in [0.4, 0.5) is 4.79 Å². The topological polar surface area (TPSA) is 47.6 Å². The van der Waals surface area contributed by atoms with Crippen LogP contribution in [-0.2, 0) is 4.74 Å². The van der Waals surface area contributed by atoms with Crippen LogP contribution in [0.5, 0.6) is 5.75 Å². The number of methoxy groups -OCH3 is 1. The Morgan fingerprint density at radius 1 is 1.14 bits per heavy atom. The second-order valence-corrected chi connectivity index (χ2v) is 6.69. The molecule has 0 aliphatic rings. The van der Waals surface area contributed by atoms with Gasteiger partial charge in [0.05, 0.1) is 13.2 Å². The Labute approximate surface area is 135 Å². The number of benzene rings is 1. The van der Waals surface area contributed by atoms with Crippen LogP contribution in [0, 0.1) is 0 Å². The summed E-state index contributed by atoms with van der Waals surface area (Å²) in [6.45, 7) is 5.54. The molecule has 5 heteroatoms. The molecule has 22 heavy (non-hydrogen) atoms. The van der Waals surface area contributed by atoms with Gasteiger partial charge < -0.3 is 14.8 Å². The van der Waals surface area contributed by atoms with Gasteiger partial charge in [-0.05, 0) is 60.9 Å². The van der Waals surface area contributed by atoms with E-state index in [2.05, 4.69) is 5.32 Å². The van der Waals surface area contributed by atoms with Crippen LogP contribution in [0.1, 0.15) is 37.9 Å². The second-order valence-electron chi connectivity index (χ2n) is 5.91. The number of ether oxygens (including phenoxy) is 2. The smallest absolute Gasteiger partial charge is 0.408 e. The van der Waals surface area contributed by atoms with E-state index in [-0.39, 0.29) is 6.04 Å². The highest BCUT2D eigenvalue weighted by atomic mass is 32.1. The molecule has 2 aromatic rings. The van der Waals surface area contributed by atoms with Gasteiger partial charge in [-0.15, -0.1) is 0 Å². The summed E-state index contributed by atoms with van der Waals surface area (Å²) >= 11 is 1.59. The van der Waals surface area contributed by atoms with E-state index in [1.807, 2.05) is 61.9 Å². The molecular formula is C17H21NO3S. The monoisotopic (exact) mass is 319 g/mol. The predicted octanol–water partition coefficient (Wildman–Crippen LogP) is 4.37. The van der Waals surface area contributed by atoms with Gasteiger partial charge in [-0.1, -0.05) is 12.1 Å². The zero-order valence-electron chi connectivity index (χ0n) is 13.3. The maximum absolute atomic E-state index is 12.1. The third kappa shape index (κ3) is 4.49. The minimum Gasteiger partial charge on any atom is -0.497 e. The van der Waals surface area contributed by atoms with Gasteiger partial charge in [0.2, 0.25) is 0 Å². The average molecular weight is 319 g/mol. The van der Waals surface area contributed by atoms with Crippen LogP contribution in [0.15, 0.2) is 41.1 Å². The van der Waals surface area contributed by atoms with Gasteiger partial charge >= 0.3 is 6.09 Å². The number of carbonyl (C=O) groups excluding carboxylic acids is 1. The van der Waals surface area contributed by atoms with Crippen molar-refractivity contribution in [2.45, 2.75) is 32.4 Å². The number of nitrogens with one attached hydrogen (secondary N) is 1. The maximum atomic E-state index is 12.1. The molecule has 4 nitrogen and oxygen atoms in total. The first-order valence-electron chi connectivity index (χ1n) is 7.04. The molecule has 0 aliphatic heterocycles. The lowest BCUT2D eigenvalue weighted by Gasteiger charge is -2.23. The Morgan fingerprint density at radius 3 is 2.32 bits per heavy atom. The van der Waals surface area contributed by atoms with E-state index in [0.29, 0.717) is 0 Å². The quantitative estimate of drug-likeness (QED) is 0.910. The van der Waals surface area contributed by atoms with Crippen molar-refractivity contribution in [1.82, 2.24) is 5.32 Å².